The Morgan fingerprint density at radius 1 is 0.461 bits per heavy atom. The minimum absolute atomic E-state index is 0.0151. The number of aliphatic carboxylic acids is 1. The van der Waals surface area contributed by atoms with Crippen LogP contribution >= 0.6 is 0 Å². The SMILES string of the molecule is C=CCOc1ccc(C[C@H](NC(=O)[C@H](Cc2ccc3ccccc3c2)NC(=O)[C@@H]2C[C@H](C/C=C/COc3ccc(CC(NC(=O)[C@H](Cc4ccc5ccccc5c4)NC(=O)[C@@H]4C[C@H](CC=C)CN4C(=O)[C@@H](NC(=O)[C@H](C)N(C)C(=O)OC(C)(C)C)C(C)(C)C)C(=O)O)cc3)CN2C(=O)[C@@H](NC(=O)[C@H](C)N(C)C(=O)OC(C)(C)C)C(C)(C)C)C(=O)NS(=O)(=O)C2CC2)cc1. The van der Waals surface area contributed by atoms with E-state index in [-0.39, 0.29) is 77.2 Å². The van der Waals surface area contributed by atoms with Crippen molar-refractivity contribution < 1.29 is 90.0 Å². The predicted octanol–water partition coefficient (Wildman–Crippen LogP) is 10.4. The number of carboxylic acids is 1. The van der Waals surface area contributed by atoms with Gasteiger partial charge < -0.3 is 65.8 Å². The highest BCUT2D eigenvalue weighted by atomic mass is 32.2. The molecule has 1 unspecified atom stereocenters. The van der Waals surface area contributed by atoms with E-state index in [1.807, 2.05) is 84.9 Å². The molecule has 6 aromatic carbocycles. The van der Waals surface area contributed by atoms with E-state index < -0.39 is 175 Å². The van der Waals surface area contributed by atoms with Crippen LogP contribution in [0.3, 0.4) is 0 Å². The number of carbonyl (C=O) groups is 12. The number of hydrogen-bond acceptors (Lipinski definition) is 18. The van der Waals surface area contributed by atoms with Crippen LogP contribution in [0.2, 0.25) is 0 Å². The van der Waals surface area contributed by atoms with Gasteiger partial charge in [0.05, 0.1) is 5.25 Å². The lowest BCUT2D eigenvalue weighted by atomic mass is 9.85. The third kappa shape index (κ3) is 28.2. The number of carboxylic acid groups (broad SMARTS) is 1. The van der Waals surface area contributed by atoms with Crippen molar-refractivity contribution in [2.75, 3.05) is 40.4 Å². The molecule has 0 spiro atoms. The van der Waals surface area contributed by atoms with Crippen LogP contribution in [0.15, 0.2) is 171 Å². The molecule has 8 N–H and O–H groups in total. The van der Waals surface area contributed by atoms with E-state index in [1.54, 1.807) is 156 Å². The first-order valence-electron chi connectivity index (χ1n) is 43.5. The molecule has 2 saturated heterocycles. The Morgan fingerprint density at radius 3 is 1.23 bits per heavy atom. The summed E-state index contributed by atoms with van der Waals surface area (Å²) >= 11 is 0. The number of nitrogens with one attached hydrogen (secondary N) is 7. The Balaban J connectivity index is 0.923. The fraction of sp³-hybridized carbons (Fsp3) is 0.485. The summed E-state index contributed by atoms with van der Waals surface area (Å²) in [5.74, 6) is -7.80. The molecule has 0 radical (unpaired) electrons. The van der Waals surface area contributed by atoms with Crippen molar-refractivity contribution in [1.82, 2.24) is 56.2 Å². The molecule has 1 saturated carbocycles. The van der Waals surface area contributed by atoms with Crippen LogP contribution in [-0.4, -0.2) is 222 Å². The molecule has 2 heterocycles. The summed E-state index contributed by atoms with van der Waals surface area (Å²) in [5.41, 5.74) is -1.41. The monoisotopic (exact) mass is 1780 g/mol. The van der Waals surface area contributed by atoms with Gasteiger partial charge in [0.2, 0.25) is 57.3 Å². The van der Waals surface area contributed by atoms with E-state index in [1.165, 1.54) is 37.7 Å². The van der Waals surface area contributed by atoms with Gasteiger partial charge in [0.25, 0.3) is 5.91 Å². The normalized spacial score (nSPS) is 17.9. The number of likely N-dealkylation sites (tertiary alicyclic amines) is 2. The van der Waals surface area contributed by atoms with Crippen molar-refractivity contribution in [3.8, 4) is 11.5 Å². The minimum atomic E-state index is -4.12. The quantitative estimate of drug-likeness (QED) is 0.0167. The van der Waals surface area contributed by atoms with E-state index in [2.05, 4.69) is 49.8 Å². The number of rotatable bonds is 38. The molecular weight excluding hydrogens is 1660 g/mol. The second kappa shape index (κ2) is 43.1. The summed E-state index contributed by atoms with van der Waals surface area (Å²) in [6.45, 7) is 31.6. The van der Waals surface area contributed by atoms with E-state index >= 15 is 24.0 Å². The molecule has 3 fully saturated rings. The van der Waals surface area contributed by atoms with Gasteiger partial charge in [0.1, 0.15) is 96.3 Å². The Labute approximate surface area is 750 Å². The number of amides is 11. The maximum atomic E-state index is 15.5. The maximum absolute atomic E-state index is 15.5. The van der Waals surface area contributed by atoms with Gasteiger partial charge in [-0.25, -0.2) is 22.8 Å². The zero-order chi connectivity index (χ0) is 94.1. The minimum Gasteiger partial charge on any atom is -0.490 e. The summed E-state index contributed by atoms with van der Waals surface area (Å²) < 4.78 is 51.8. The van der Waals surface area contributed by atoms with Gasteiger partial charge in [0, 0.05) is 52.9 Å². The second-order valence-electron chi connectivity index (χ2n) is 37.8. The number of nitrogens with zero attached hydrogens (tertiary/aromatic N) is 4. The largest absolute Gasteiger partial charge is 0.490 e. The molecule has 9 rings (SSSR count). The highest BCUT2D eigenvalue weighted by molar-refractivity contribution is 7.91. The first-order valence-corrected chi connectivity index (χ1v) is 45.0. The van der Waals surface area contributed by atoms with Crippen molar-refractivity contribution in [1.29, 1.82) is 0 Å². The summed E-state index contributed by atoms with van der Waals surface area (Å²) in [7, 11) is -1.31. The number of allylic oxidation sites excluding steroid dienone is 2. The van der Waals surface area contributed by atoms with Gasteiger partial charge in [-0.15, -0.1) is 6.58 Å². The molecule has 0 bridgehead atoms. The summed E-state index contributed by atoms with van der Waals surface area (Å²) in [6, 6.07) is 26.5. The van der Waals surface area contributed by atoms with Gasteiger partial charge in [0.15, 0.2) is 0 Å². The zero-order valence-corrected chi connectivity index (χ0v) is 77.1. The number of carbonyl (C=O) groups excluding carboxylic acids is 11. The van der Waals surface area contributed by atoms with Crippen molar-refractivity contribution in [3.05, 3.63) is 193 Å². The average molecular weight is 1780 g/mol. The van der Waals surface area contributed by atoms with Crippen molar-refractivity contribution in [3.63, 3.8) is 0 Å². The average Bonchev–Trinajstić information content (AvgIpc) is 1.61. The highest BCUT2D eigenvalue weighted by Crippen LogP contribution is 2.35. The third-order valence-corrected chi connectivity index (χ3v) is 24.7. The van der Waals surface area contributed by atoms with Crippen molar-refractivity contribution in [2.45, 2.75) is 238 Å². The van der Waals surface area contributed by atoms with Crippen LogP contribution in [0.5, 0.6) is 11.5 Å². The highest BCUT2D eigenvalue weighted by Gasteiger charge is 2.49. The lowest BCUT2D eigenvalue weighted by Crippen LogP contribution is -2.61. The van der Waals surface area contributed by atoms with Crippen LogP contribution < -0.4 is 46.1 Å². The van der Waals surface area contributed by atoms with Crippen LogP contribution in [-0.2, 0) is 93.1 Å². The van der Waals surface area contributed by atoms with Crippen LogP contribution in [0, 0.1) is 22.7 Å². The molecule has 690 valence electrons. The third-order valence-electron chi connectivity index (χ3n) is 22.8. The summed E-state index contributed by atoms with van der Waals surface area (Å²) in [4.78, 5) is 178. The number of fused-ring (bicyclic) bond motifs is 2. The molecule has 1 aliphatic carbocycles. The molecule has 31 heteroatoms. The standard InChI is InChI=1S/C97H127N11O19S/c1-19-27-65-55-78(107(57-65)89(116)80(94(5,6)7)102-82(109)59(3)105(17)92(120)126-96(11,12)13)87(114)100-75(54-64-34-40-68-30-22-24-32-70(68)50-64)85(112)101-77(91(118)119)52-62-37-43-72(44-38-62)125-48-26-25-28-66-56-79(108(58-66)90(117)81(95(8,9)10)103-83(110)60(4)106(18)93(121)127-97(14,15)16)88(115)99-74(53-63-33-39-67-29-21-23-31-69(67)49-63)84(111)98-76(86(113)104-128(122,123)73-45-46-73)51-61-35-41-71(42-36-61)124-47-20-2/h19-26,29-44,49-50,59-60,65-66,73-81H,1-2,27-28,45-48,51-58H2,3-18H3,(H,98,111)(H,99,115)(H,100,114)(H,101,112)(H,102,109)(H,103,110)(H,104,113)(H,118,119)/b26-25+/t59-,60-,65-,66-,74-,75-,76-,77?,78-,79-,80+,81+/m0/s1. The fourth-order valence-electron chi connectivity index (χ4n) is 15.3. The number of ether oxygens (including phenoxy) is 4. The Hall–Kier alpha value is -12.1. The first-order chi connectivity index (χ1) is 60.1. The molecule has 128 heavy (non-hydrogen) atoms. The summed E-state index contributed by atoms with van der Waals surface area (Å²) in [5, 5.41) is 30.5. The van der Waals surface area contributed by atoms with Gasteiger partial charge in [-0.3, -0.25) is 57.7 Å². The van der Waals surface area contributed by atoms with Gasteiger partial charge in [-0.1, -0.05) is 182 Å². The van der Waals surface area contributed by atoms with E-state index in [9.17, 15) is 47.1 Å². The molecular formula is C97H127N11O19S. The second-order valence-corrected chi connectivity index (χ2v) is 39.7. The number of benzene rings is 6. The van der Waals surface area contributed by atoms with E-state index in [0.29, 0.717) is 53.0 Å². The fourth-order valence-corrected chi connectivity index (χ4v) is 16.6. The molecule has 11 amide bonds. The number of likely N-dealkylation sites (N-methyl/N-ethyl adjacent to an activating group) is 2. The van der Waals surface area contributed by atoms with Gasteiger partial charge >= 0.3 is 18.2 Å². The van der Waals surface area contributed by atoms with Crippen LogP contribution in [0.25, 0.3) is 21.5 Å². The van der Waals surface area contributed by atoms with Crippen LogP contribution in [0.4, 0.5) is 9.59 Å². The van der Waals surface area contributed by atoms with E-state index in [0.717, 1.165) is 31.3 Å². The molecule has 30 nitrogen and oxygen atoms in total. The topological polar surface area (TPSA) is 393 Å². The van der Waals surface area contributed by atoms with Crippen molar-refractivity contribution >= 4 is 103 Å². The Kier molecular flexibility index (Phi) is 33.5. The molecule has 6 aromatic rings. The Morgan fingerprint density at radius 2 is 0.836 bits per heavy atom. The lowest BCUT2D eigenvalue weighted by Gasteiger charge is -2.37. The zero-order valence-electron chi connectivity index (χ0n) is 76.3. The number of hydrogen-bond donors (Lipinski definition) is 8. The number of sulfonamides is 1. The molecule has 0 aromatic heterocycles. The molecule has 12 atom stereocenters. The Bertz CT molecular complexity index is 5180. The van der Waals surface area contributed by atoms with Gasteiger partial charge in [-0.2, -0.15) is 0 Å². The lowest BCUT2D eigenvalue weighted by molar-refractivity contribution is -0.145. The van der Waals surface area contributed by atoms with Gasteiger partial charge in [-0.05, 0) is 185 Å². The first kappa shape index (κ1) is 99.6. The molecule has 3 aliphatic rings. The van der Waals surface area contributed by atoms with Crippen molar-refractivity contribution in [2.24, 2.45) is 22.7 Å². The predicted molar refractivity (Wildman–Crippen MR) is 488 cm³/mol. The van der Waals surface area contributed by atoms with Crippen LogP contribution in [0.1, 0.15) is 158 Å². The molecule has 2 aliphatic heterocycles. The summed E-state index contributed by atoms with van der Waals surface area (Å²) in [6.07, 6.45) is 6.32. The smallest absolute Gasteiger partial charge is 0.410 e. The van der Waals surface area contributed by atoms with E-state index in [4.69, 9.17) is 18.9 Å². The maximum Gasteiger partial charge on any atom is 0.410 e.